The maximum Gasteiger partial charge on any atom is 0.240 e. The molecule has 2 saturated carbocycles. The molecule has 0 heterocycles. The number of benzene rings is 1. The van der Waals surface area contributed by atoms with Crippen LogP contribution in [-0.2, 0) is 14.8 Å². The van der Waals surface area contributed by atoms with Crippen LogP contribution in [-0.4, -0.2) is 26.9 Å². The third-order valence-corrected chi connectivity index (χ3v) is 7.53. The van der Waals surface area contributed by atoms with Gasteiger partial charge in [0.25, 0.3) is 0 Å². The highest BCUT2D eigenvalue weighted by Gasteiger charge is 2.42. The lowest BCUT2D eigenvalue weighted by Crippen LogP contribution is -2.41. The zero-order chi connectivity index (χ0) is 18.0. The Bertz CT molecular complexity index is 738. The molecule has 0 aliphatic heterocycles. The van der Waals surface area contributed by atoms with E-state index in [2.05, 4.69) is 32.9 Å². The van der Waals surface area contributed by atoms with Gasteiger partial charge in [0.1, 0.15) is 0 Å². The molecule has 2 aliphatic carbocycles. The van der Waals surface area contributed by atoms with Crippen LogP contribution < -0.4 is 10.0 Å². The first-order chi connectivity index (χ1) is 11.8. The van der Waals surface area contributed by atoms with Crippen LogP contribution in [0.25, 0.3) is 0 Å². The Labute approximate surface area is 158 Å². The van der Waals surface area contributed by atoms with Gasteiger partial charge in [-0.1, -0.05) is 28.4 Å². The summed E-state index contributed by atoms with van der Waals surface area (Å²) >= 11 is 3.26. The van der Waals surface area contributed by atoms with Crippen molar-refractivity contribution < 1.29 is 13.2 Å². The highest BCUT2D eigenvalue weighted by atomic mass is 79.9. The zero-order valence-corrected chi connectivity index (χ0v) is 16.8. The summed E-state index contributed by atoms with van der Waals surface area (Å²) in [6.45, 7) is 2.18. The fraction of sp³-hybridized carbons (Fsp3) is 0.611. The molecular weight excluding hydrogens is 404 g/mol. The van der Waals surface area contributed by atoms with Crippen molar-refractivity contribution in [2.75, 3.05) is 6.54 Å². The van der Waals surface area contributed by atoms with E-state index in [1.54, 1.807) is 18.2 Å². The first kappa shape index (κ1) is 18.9. The Kier molecular flexibility index (Phi) is 5.85. The minimum absolute atomic E-state index is 0.0905. The summed E-state index contributed by atoms with van der Waals surface area (Å²) in [6, 6.07) is 6.68. The van der Waals surface area contributed by atoms with E-state index in [-0.39, 0.29) is 29.8 Å². The van der Waals surface area contributed by atoms with Crippen molar-refractivity contribution in [3.63, 3.8) is 0 Å². The van der Waals surface area contributed by atoms with Crippen molar-refractivity contribution >= 4 is 31.9 Å². The van der Waals surface area contributed by atoms with Gasteiger partial charge in [0, 0.05) is 23.5 Å². The second kappa shape index (κ2) is 7.76. The molecule has 2 aliphatic rings. The maximum absolute atomic E-state index is 12.2. The van der Waals surface area contributed by atoms with Gasteiger partial charge >= 0.3 is 0 Å². The van der Waals surface area contributed by atoms with E-state index < -0.39 is 10.0 Å². The molecule has 5 nitrogen and oxygen atoms in total. The van der Waals surface area contributed by atoms with Crippen molar-refractivity contribution in [3.8, 4) is 0 Å². The molecule has 2 bridgehead atoms. The summed E-state index contributed by atoms with van der Waals surface area (Å²) in [6.07, 6.45) is 5.33. The summed E-state index contributed by atoms with van der Waals surface area (Å²) < 4.78 is 27.6. The fourth-order valence-corrected chi connectivity index (χ4v) is 5.98. The standard InChI is InChI=1S/C18H25BrN2O3S/c1-12(17-10-13-5-6-14(17)9-13)21-18(22)7-8-20-25(23,24)16-4-2-3-15(19)11-16/h2-4,11-14,17,20H,5-10H2,1H3,(H,21,22). The first-order valence-electron chi connectivity index (χ1n) is 8.90. The first-order valence-corrected chi connectivity index (χ1v) is 11.2. The number of amides is 1. The van der Waals surface area contributed by atoms with Gasteiger partial charge in [0.2, 0.25) is 15.9 Å². The lowest BCUT2D eigenvalue weighted by molar-refractivity contribution is -0.122. The summed E-state index contributed by atoms with van der Waals surface area (Å²) in [7, 11) is -3.59. The SMILES string of the molecule is CC(NC(=O)CCNS(=O)(=O)c1cccc(Br)c1)C1CC2CCC1C2. The molecular formula is C18H25BrN2O3S. The Hall–Kier alpha value is -0.920. The Morgan fingerprint density at radius 3 is 2.76 bits per heavy atom. The number of sulfonamides is 1. The molecule has 4 unspecified atom stereocenters. The quantitative estimate of drug-likeness (QED) is 0.700. The molecule has 4 atom stereocenters. The molecule has 138 valence electrons. The number of halogens is 1. The summed E-state index contributed by atoms with van der Waals surface area (Å²) in [5, 5.41) is 3.06. The topological polar surface area (TPSA) is 75.3 Å². The summed E-state index contributed by atoms with van der Waals surface area (Å²) in [5.41, 5.74) is 0. The number of carbonyl (C=O) groups excluding carboxylic acids is 1. The van der Waals surface area contributed by atoms with E-state index in [0.29, 0.717) is 10.4 Å². The normalized spacial score (nSPS) is 26.6. The average molecular weight is 429 g/mol. The van der Waals surface area contributed by atoms with Gasteiger partial charge in [-0.05, 0) is 62.1 Å². The van der Waals surface area contributed by atoms with E-state index >= 15 is 0 Å². The molecule has 1 amide bonds. The highest BCUT2D eigenvalue weighted by molar-refractivity contribution is 9.10. The van der Waals surface area contributed by atoms with Crippen molar-refractivity contribution in [3.05, 3.63) is 28.7 Å². The van der Waals surface area contributed by atoms with Crippen molar-refractivity contribution in [2.24, 2.45) is 17.8 Å². The highest BCUT2D eigenvalue weighted by Crippen LogP contribution is 2.49. The van der Waals surface area contributed by atoms with Crippen molar-refractivity contribution in [2.45, 2.75) is 50.0 Å². The molecule has 7 heteroatoms. The average Bonchev–Trinajstić information content (AvgIpc) is 3.17. The Balaban J connectivity index is 1.44. The summed E-state index contributed by atoms with van der Waals surface area (Å²) in [5.74, 6) is 2.11. The number of carbonyl (C=O) groups is 1. The largest absolute Gasteiger partial charge is 0.353 e. The third-order valence-electron chi connectivity index (χ3n) is 5.57. The molecule has 25 heavy (non-hydrogen) atoms. The van der Waals surface area contributed by atoms with Gasteiger partial charge in [-0.15, -0.1) is 0 Å². The molecule has 3 rings (SSSR count). The minimum Gasteiger partial charge on any atom is -0.353 e. The van der Waals surface area contributed by atoms with Gasteiger partial charge in [0.05, 0.1) is 4.90 Å². The van der Waals surface area contributed by atoms with E-state index in [1.165, 1.54) is 31.7 Å². The summed E-state index contributed by atoms with van der Waals surface area (Å²) in [4.78, 5) is 12.3. The maximum atomic E-state index is 12.2. The van der Waals surface area contributed by atoms with Crippen molar-refractivity contribution in [1.29, 1.82) is 0 Å². The number of fused-ring (bicyclic) bond motifs is 2. The van der Waals surface area contributed by atoms with Crippen LogP contribution >= 0.6 is 15.9 Å². The molecule has 2 N–H and O–H groups in total. The Morgan fingerprint density at radius 2 is 2.12 bits per heavy atom. The molecule has 0 spiro atoms. The second-order valence-corrected chi connectivity index (χ2v) is 9.98. The molecule has 0 aromatic heterocycles. The predicted molar refractivity (Wildman–Crippen MR) is 100 cm³/mol. The number of hydrogen-bond donors (Lipinski definition) is 2. The van der Waals surface area contributed by atoms with E-state index in [1.807, 2.05) is 0 Å². The van der Waals surface area contributed by atoms with Gasteiger partial charge < -0.3 is 5.32 Å². The lowest BCUT2D eigenvalue weighted by atomic mass is 9.84. The third kappa shape index (κ3) is 4.63. The minimum atomic E-state index is -3.59. The van der Waals surface area contributed by atoms with Crippen molar-refractivity contribution in [1.82, 2.24) is 10.0 Å². The predicted octanol–water partition coefficient (Wildman–Crippen LogP) is 3.06. The van der Waals surface area contributed by atoms with Crippen LogP contribution in [0.5, 0.6) is 0 Å². The van der Waals surface area contributed by atoms with Crippen LogP contribution in [0.15, 0.2) is 33.6 Å². The van der Waals surface area contributed by atoms with Gasteiger partial charge in [-0.25, -0.2) is 13.1 Å². The molecule has 0 saturated heterocycles. The molecule has 1 aromatic carbocycles. The molecule has 0 radical (unpaired) electrons. The van der Waals surface area contributed by atoms with Crippen LogP contribution in [0.1, 0.15) is 39.0 Å². The van der Waals surface area contributed by atoms with Crippen LogP contribution in [0.2, 0.25) is 0 Å². The van der Waals surface area contributed by atoms with Crippen LogP contribution in [0, 0.1) is 17.8 Å². The second-order valence-electron chi connectivity index (χ2n) is 7.30. The van der Waals surface area contributed by atoms with Crippen LogP contribution in [0.4, 0.5) is 0 Å². The van der Waals surface area contributed by atoms with E-state index in [0.717, 1.165) is 11.8 Å². The Morgan fingerprint density at radius 1 is 1.32 bits per heavy atom. The monoisotopic (exact) mass is 428 g/mol. The zero-order valence-electron chi connectivity index (χ0n) is 14.4. The van der Waals surface area contributed by atoms with Gasteiger partial charge in [-0.3, -0.25) is 4.79 Å². The molecule has 2 fully saturated rings. The van der Waals surface area contributed by atoms with Crippen LogP contribution in [0.3, 0.4) is 0 Å². The number of hydrogen-bond acceptors (Lipinski definition) is 3. The lowest BCUT2D eigenvalue weighted by Gasteiger charge is -2.28. The number of nitrogens with one attached hydrogen (secondary N) is 2. The van der Waals surface area contributed by atoms with E-state index in [9.17, 15) is 13.2 Å². The van der Waals surface area contributed by atoms with E-state index in [4.69, 9.17) is 0 Å². The van der Waals surface area contributed by atoms with Gasteiger partial charge in [-0.2, -0.15) is 0 Å². The smallest absolute Gasteiger partial charge is 0.240 e. The fourth-order valence-electron chi connectivity index (χ4n) is 4.36. The molecule has 1 aromatic rings. The van der Waals surface area contributed by atoms with Gasteiger partial charge in [0.15, 0.2) is 0 Å². The number of rotatable bonds is 7.